The Balaban J connectivity index is 1.50. The van der Waals surface area contributed by atoms with Crippen LogP contribution in [-0.2, 0) is 6.54 Å². The summed E-state index contributed by atoms with van der Waals surface area (Å²) in [5, 5.41) is 12.5. The van der Waals surface area contributed by atoms with Crippen LogP contribution in [-0.4, -0.2) is 59.3 Å². The van der Waals surface area contributed by atoms with E-state index in [0.717, 1.165) is 38.9 Å². The van der Waals surface area contributed by atoms with Gasteiger partial charge in [-0.15, -0.1) is 0 Å². The van der Waals surface area contributed by atoms with Crippen molar-refractivity contribution in [1.29, 1.82) is 0 Å². The molecular formula is C19H29N3O2. The molecule has 1 aromatic carbocycles. The summed E-state index contributed by atoms with van der Waals surface area (Å²) in [6.07, 6.45) is 3.00. The fraction of sp³-hybridized carbons (Fsp3) is 0.632. The average Bonchev–Trinajstić information content (AvgIpc) is 2.95. The van der Waals surface area contributed by atoms with E-state index < -0.39 is 0 Å². The number of hydrogen-bond acceptors (Lipinski definition) is 3. The number of urea groups is 1. The minimum absolute atomic E-state index is 0.0342. The van der Waals surface area contributed by atoms with E-state index in [0.29, 0.717) is 12.6 Å². The predicted octanol–water partition coefficient (Wildman–Crippen LogP) is 2.06. The van der Waals surface area contributed by atoms with Gasteiger partial charge in [0.25, 0.3) is 0 Å². The molecule has 5 heteroatoms. The molecule has 3 rings (SSSR count). The zero-order valence-electron chi connectivity index (χ0n) is 14.5. The van der Waals surface area contributed by atoms with Crippen molar-refractivity contribution in [2.45, 2.75) is 44.8 Å². The second-order valence-corrected chi connectivity index (χ2v) is 7.28. The first-order chi connectivity index (χ1) is 11.7. The number of carbonyl (C=O) groups excluding carboxylic acids is 1. The van der Waals surface area contributed by atoms with Gasteiger partial charge in [0.05, 0.1) is 0 Å². The summed E-state index contributed by atoms with van der Waals surface area (Å²) in [4.78, 5) is 16.8. The topological polar surface area (TPSA) is 55.8 Å². The minimum atomic E-state index is 0.0342. The average molecular weight is 331 g/mol. The molecule has 24 heavy (non-hydrogen) atoms. The molecule has 0 radical (unpaired) electrons. The number of rotatable bonds is 4. The zero-order chi connectivity index (χ0) is 16.9. The fourth-order valence-corrected chi connectivity index (χ4v) is 3.91. The molecular weight excluding hydrogens is 302 g/mol. The van der Waals surface area contributed by atoms with Gasteiger partial charge in [0.1, 0.15) is 0 Å². The lowest BCUT2D eigenvalue weighted by molar-refractivity contribution is 0.128. The van der Waals surface area contributed by atoms with Crippen LogP contribution < -0.4 is 5.32 Å². The lowest BCUT2D eigenvalue weighted by Gasteiger charge is -2.32. The summed E-state index contributed by atoms with van der Waals surface area (Å²) in [5.74, 6) is 0.238. The summed E-state index contributed by atoms with van der Waals surface area (Å²) in [7, 11) is 0. The van der Waals surface area contributed by atoms with Crippen LogP contribution in [0.3, 0.4) is 0 Å². The monoisotopic (exact) mass is 331 g/mol. The van der Waals surface area contributed by atoms with Gasteiger partial charge in [0.2, 0.25) is 0 Å². The second-order valence-electron chi connectivity index (χ2n) is 7.28. The zero-order valence-corrected chi connectivity index (χ0v) is 14.5. The van der Waals surface area contributed by atoms with E-state index in [1.54, 1.807) is 0 Å². The molecule has 0 saturated carbocycles. The molecule has 2 amide bonds. The number of likely N-dealkylation sites (tertiary alicyclic amines) is 2. The number of nitrogens with one attached hydrogen (secondary N) is 1. The van der Waals surface area contributed by atoms with Gasteiger partial charge >= 0.3 is 6.03 Å². The van der Waals surface area contributed by atoms with Crippen molar-refractivity contribution >= 4 is 6.03 Å². The molecule has 0 spiro atoms. The highest BCUT2D eigenvalue weighted by molar-refractivity contribution is 5.74. The van der Waals surface area contributed by atoms with Gasteiger partial charge in [-0.2, -0.15) is 0 Å². The van der Waals surface area contributed by atoms with Crippen molar-refractivity contribution in [3.63, 3.8) is 0 Å². The largest absolute Gasteiger partial charge is 0.396 e. The number of benzene rings is 1. The molecule has 0 aromatic heterocycles. The van der Waals surface area contributed by atoms with Crippen molar-refractivity contribution in [3.8, 4) is 0 Å². The van der Waals surface area contributed by atoms with E-state index in [2.05, 4.69) is 41.4 Å². The Labute approximate surface area is 144 Å². The second kappa shape index (κ2) is 7.99. The number of piperidine rings is 1. The molecule has 2 saturated heterocycles. The molecule has 3 unspecified atom stereocenters. The van der Waals surface area contributed by atoms with E-state index in [-0.39, 0.29) is 24.6 Å². The summed E-state index contributed by atoms with van der Waals surface area (Å²) >= 11 is 0. The predicted molar refractivity (Wildman–Crippen MR) is 94.6 cm³/mol. The van der Waals surface area contributed by atoms with Crippen molar-refractivity contribution in [3.05, 3.63) is 35.9 Å². The third-order valence-electron chi connectivity index (χ3n) is 5.32. The molecule has 2 aliphatic rings. The minimum Gasteiger partial charge on any atom is -0.396 e. The maximum Gasteiger partial charge on any atom is 0.317 e. The molecule has 5 nitrogen and oxygen atoms in total. The van der Waals surface area contributed by atoms with Crippen LogP contribution in [0.4, 0.5) is 4.79 Å². The third kappa shape index (κ3) is 4.28. The molecule has 0 bridgehead atoms. The molecule has 1 aromatic rings. The van der Waals surface area contributed by atoms with E-state index >= 15 is 0 Å². The molecule has 3 atom stereocenters. The lowest BCUT2D eigenvalue weighted by atomic mass is 9.99. The quantitative estimate of drug-likeness (QED) is 0.888. The van der Waals surface area contributed by atoms with E-state index in [1.807, 2.05) is 11.0 Å². The molecule has 2 heterocycles. The van der Waals surface area contributed by atoms with E-state index in [9.17, 15) is 9.90 Å². The maximum atomic E-state index is 12.5. The van der Waals surface area contributed by atoms with Crippen molar-refractivity contribution in [2.75, 3.05) is 26.2 Å². The lowest BCUT2D eigenvalue weighted by Crippen LogP contribution is -2.49. The number of aliphatic hydroxyl groups is 1. The Morgan fingerprint density at radius 3 is 2.83 bits per heavy atom. The number of aliphatic hydroxyl groups excluding tert-OH is 1. The molecule has 2 aliphatic heterocycles. The van der Waals surface area contributed by atoms with Gasteiger partial charge in [-0.1, -0.05) is 30.3 Å². The van der Waals surface area contributed by atoms with Gasteiger partial charge < -0.3 is 15.3 Å². The van der Waals surface area contributed by atoms with Crippen LogP contribution in [0.5, 0.6) is 0 Å². The van der Waals surface area contributed by atoms with E-state index in [4.69, 9.17) is 0 Å². The van der Waals surface area contributed by atoms with Crippen molar-refractivity contribution < 1.29 is 9.90 Å². The first kappa shape index (κ1) is 17.2. The highest BCUT2D eigenvalue weighted by Crippen LogP contribution is 2.21. The first-order valence-corrected chi connectivity index (χ1v) is 9.10. The highest BCUT2D eigenvalue weighted by atomic mass is 16.3. The highest BCUT2D eigenvalue weighted by Gasteiger charge is 2.31. The van der Waals surface area contributed by atoms with Crippen LogP contribution in [0.2, 0.25) is 0 Å². The number of carbonyl (C=O) groups is 1. The van der Waals surface area contributed by atoms with Crippen LogP contribution in [0.1, 0.15) is 31.7 Å². The van der Waals surface area contributed by atoms with Crippen LogP contribution in [0.25, 0.3) is 0 Å². The Kier molecular flexibility index (Phi) is 5.74. The summed E-state index contributed by atoms with van der Waals surface area (Å²) in [6.45, 7) is 5.73. The van der Waals surface area contributed by atoms with Crippen LogP contribution in [0, 0.1) is 5.92 Å². The summed E-state index contributed by atoms with van der Waals surface area (Å²) in [6, 6.07) is 11.2. The normalized spacial score (nSPS) is 28.1. The number of nitrogens with zero attached hydrogens (tertiary/aromatic N) is 2. The Bertz CT molecular complexity index is 537. The van der Waals surface area contributed by atoms with Gasteiger partial charge in [0.15, 0.2) is 0 Å². The van der Waals surface area contributed by atoms with Crippen molar-refractivity contribution in [1.82, 2.24) is 15.1 Å². The number of hydrogen-bond donors (Lipinski definition) is 2. The molecule has 2 fully saturated rings. The molecule has 2 N–H and O–H groups in total. The smallest absolute Gasteiger partial charge is 0.317 e. The van der Waals surface area contributed by atoms with Gasteiger partial charge in [-0.25, -0.2) is 4.79 Å². The van der Waals surface area contributed by atoms with Crippen LogP contribution >= 0.6 is 0 Å². The summed E-state index contributed by atoms with van der Waals surface area (Å²) < 4.78 is 0. The third-order valence-corrected chi connectivity index (χ3v) is 5.32. The van der Waals surface area contributed by atoms with Gasteiger partial charge in [-0.3, -0.25) is 4.90 Å². The standard InChI is InChI=1S/C19H29N3O2/c1-15-10-18(13-22(15)11-16-6-3-2-4-7-16)20-19(24)21-9-5-8-17(12-21)14-23/h2-4,6-7,15,17-18,23H,5,8-14H2,1H3,(H,20,24). The summed E-state index contributed by atoms with van der Waals surface area (Å²) in [5.41, 5.74) is 1.32. The van der Waals surface area contributed by atoms with Gasteiger partial charge in [-0.05, 0) is 37.7 Å². The Morgan fingerprint density at radius 2 is 2.08 bits per heavy atom. The van der Waals surface area contributed by atoms with Crippen molar-refractivity contribution in [2.24, 2.45) is 5.92 Å². The Morgan fingerprint density at radius 1 is 1.29 bits per heavy atom. The Hall–Kier alpha value is -1.59. The van der Waals surface area contributed by atoms with E-state index in [1.165, 1.54) is 5.56 Å². The first-order valence-electron chi connectivity index (χ1n) is 9.10. The SMILES string of the molecule is CC1CC(NC(=O)N2CCCC(CO)C2)CN1Cc1ccccc1. The van der Waals surface area contributed by atoms with Gasteiger partial charge in [0, 0.05) is 44.9 Å². The molecule has 0 aliphatic carbocycles. The number of amides is 2. The maximum absolute atomic E-state index is 12.5. The van der Waals surface area contributed by atoms with Crippen LogP contribution in [0.15, 0.2) is 30.3 Å². The fourth-order valence-electron chi connectivity index (χ4n) is 3.91. The molecule has 132 valence electrons.